The maximum atomic E-state index is 5.95. The lowest BCUT2D eigenvalue weighted by molar-refractivity contribution is 0.238. The van der Waals surface area contributed by atoms with E-state index in [-0.39, 0.29) is 0 Å². The molecule has 0 aromatic carbocycles. The summed E-state index contributed by atoms with van der Waals surface area (Å²) in [6, 6.07) is 2.37. The molecule has 0 aliphatic carbocycles. The first-order valence-electron chi connectivity index (χ1n) is 12.3. The first-order valence-corrected chi connectivity index (χ1v) is 14.6. The van der Waals surface area contributed by atoms with Gasteiger partial charge in [-0.3, -0.25) is 0 Å². The van der Waals surface area contributed by atoms with Crippen molar-refractivity contribution in [2.45, 2.75) is 142 Å². The summed E-state index contributed by atoms with van der Waals surface area (Å²) in [5.41, 5.74) is 0. The largest absolute Gasteiger partial charge is 0.398 e. The molecular weight excluding hydrogens is 348 g/mol. The van der Waals surface area contributed by atoms with Crippen LogP contribution in [-0.2, 0) is 8.85 Å². The summed E-state index contributed by atoms with van der Waals surface area (Å²) in [6.07, 6.45) is 25.0. The zero-order valence-electron chi connectivity index (χ0n) is 19.5. The maximum absolute atomic E-state index is 5.95. The molecule has 0 atom stereocenters. The number of rotatable bonds is 22. The number of hydrogen-bond acceptors (Lipinski definition) is 2. The van der Waals surface area contributed by atoms with E-state index >= 15 is 0 Å². The lowest BCUT2D eigenvalue weighted by Crippen LogP contribution is -2.39. The minimum atomic E-state index is -1.91. The van der Waals surface area contributed by atoms with Crippen LogP contribution in [0.3, 0.4) is 0 Å². The highest BCUT2D eigenvalue weighted by Crippen LogP contribution is 2.25. The summed E-state index contributed by atoms with van der Waals surface area (Å²) in [7, 11) is 1.86. The standard InChI is InChI=1S/C24H52O2Si/c1-5-7-9-11-13-15-16-18-20-22-24-27(25-3,26-4)23-21-19-17-14-12-10-8-6-2/h5-24H2,1-4H3. The van der Waals surface area contributed by atoms with Crippen LogP contribution in [0.15, 0.2) is 0 Å². The fourth-order valence-electron chi connectivity index (χ4n) is 4.03. The van der Waals surface area contributed by atoms with Crippen molar-refractivity contribution in [3.63, 3.8) is 0 Å². The molecule has 0 fully saturated rings. The summed E-state index contributed by atoms with van der Waals surface area (Å²) in [6.45, 7) is 4.58. The van der Waals surface area contributed by atoms with Crippen molar-refractivity contribution < 1.29 is 8.85 Å². The third-order valence-electron chi connectivity index (χ3n) is 6.07. The Labute approximate surface area is 173 Å². The van der Waals surface area contributed by atoms with Crippen LogP contribution in [0, 0.1) is 0 Å². The lowest BCUT2D eigenvalue weighted by atomic mass is 10.1. The van der Waals surface area contributed by atoms with Gasteiger partial charge in [0, 0.05) is 14.2 Å². The molecule has 0 radical (unpaired) electrons. The summed E-state index contributed by atoms with van der Waals surface area (Å²) < 4.78 is 11.9. The first-order chi connectivity index (χ1) is 13.2. The zero-order valence-corrected chi connectivity index (χ0v) is 20.5. The van der Waals surface area contributed by atoms with Crippen molar-refractivity contribution in [2.75, 3.05) is 14.2 Å². The predicted octanol–water partition coefficient (Wildman–Crippen LogP) is 8.78. The van der Waals surface area contributed by atoms with Crippen molar-refractivity contribution in [1.82, 2.24) is 0 Å². The lowest BCUT2D eigenvalue weighted by Gasteiger charge is -2.27. The fraction of sp³-hybridized carbons (Fsp3) is 1.00. The third-order valence-corrected chi connectivity index (χ3v) is 9.79. The molecular formula is C24H52O2Si. The average molecular weight is 401 g/mol. The van der Waals surface area contributed by atoms with Crippen molar-refractivity contribution in [3.05, 3.63) is 0 Å². The molecule has 0 bridgehead atoms. The van der Waals surface area contributed by atoms with Crippen LogP contribution in [0.4, 0.5) is 0 Å². The molecule has 0 aromatic heterocycles. The molecule has 0 N–H and O–H groups in total. The van der Waals surface area contributed by atoms with Gasteiger partial charge in [-0.1, -0.05) is 129 Å². The van der Waals surface area contributed by atoms with Gasteiger partial charge in [-0.15, -0.1) is 0 Å². The molecule has 0 heterocycles. The molecule has 3 heteroatoms. The van der Waals surface area contributed by atoms with Gasteiger partial charge in [-0.25, -0.2) is 0 Å². The highest BCUT2D eigenvalue weighted by molar-refractivity contribution is 6.67. The molecule has 0 aliphatic heterocycles. The average Bonchev–Trinajstić information content (AvgIpc) is 2.70. The number of hydrogen-bond donors (Lipinski definition) is 0. The quantitative estimate of drug-likeness (QED) is 0.133. The fourth-order valence-corrected chi connectivity index (χ4v) is 6.84. The van der Waals surface area contributed by atoms with Gasteiger partial charge in [0.15, 0.2) is 0 Å². The Bertz CT molecular complexity index is 280. The van der Waals surface area contributed by atoms with E-state index in [1.165, 1.54) is 128 Å². The molecule has 0 spiro atoms. The SMILES string of the molecule is CCCCCCCCCCCC[Si](CCCCCCCCCC)(OC)OC. The van der Waals surface area contributed by atoms with Crippen LogP contribution in [0.2, 0.25) is 12.1 Å². The van der Waals surface area contributed by atoms with Gasteiger partial charge in [0.05, 0.1) is 0 Å². The summed E-state index contributed by atoms with van der Waals surface area (Å²) in [5, 5.41) is 0. The second-order valence-electron chi connectivity index (χ2n) is 8.48. The molecule has 0 rings (SSSR count). The van der Waals surface area contributed by atoms with Gasteiger partial charge in [-0.2, -0.15) is 0 Å². The molecule has 0 amide bonds. The van der Waals surface area contributed by atoms with Crippen molar-refractivity contribution >= 4 is 8.56 Å². The van der Waals surface area contributed by atoms with Gasteiger partial charge in [0.2, 0.25) is 0 Å². The maximum Gasteiger partial charge on any atom is 0.337 e. The van der Waals surface area contributed by atoms with Crippen LogP contribution in [0.1, 0.15) is 129 Å². The topological polar surface area (TPSA) is 18.5 Å². The smallest absolute Gasteiger partial charge is 0.337 e. The molecule has 0 saturated heterocycles. The summed E-state index contributed by atoms with van der Waals surface area (Å²) >= 11 is 0. The van der Waals surface area contributed by atoms with Crippen molar-refractivity contribution in [2.24, 2.45) is 0 Å². The Balaban J connectivity index is 3.66. The van der Waals surface area contributed by atoms with E-state index in [1.807, 2.05) is 14.2 Å². The second kappa shape index (κ2) is 20.9. The zero-order chi connectivity index (χ0) is 20.1. The van der Waals surface area contributed by atoms with E-state index in [0.717, 1.165) is 0 Å². The van der Waals surface area contributed by atoms with Crippen molar-refractivity contribution in [1.29, 1.82) is 0 Å². The Kier molecular flexibility index (Phi) is 21.0. The van der Waals surface area contributed by atoms with Crippen molar-refractivity contribution in [3.8, 4) is 0 Å². The first kappa shape index (κ1) is 27.1. The van der Waals surface area contributed by atoms with Gasteiger partial charge < -0.3 is 8.85 Å². The normalized spacial score (nSPS) is 12.0. The highest BCUT2D eigenvalue weighted by Gasteiger charge is 2.33. The van der Waals surface area contributed by atoms with E-state index in [0.29, 0.717) is 0 Å². The van der Waals surface area contributed by atoms with Crippen LogP contribution in [0.25, 0.3) is 0 Å². The molecule has 27 heavy (non-hydrogen) atoms. The van der Waals surface area contributed by atoms with E-state index in [4.69, 9.17) is 8.85 Å². The van der Waals surface area contributed by atoms with Crippen LogP contribution < -0.4 is 0 Å². The molecule has 164 valence electrons. The second-order valence-corrected chi connectivity index (χ2v) is 12.1. The Morgan fingerprint density at radius 2 is 0.667 bits per heavy atom. The third kappa shape index (κ3) is 16.8. The van der Waals surface area contributed by atoms with Crippen LogP contribution >= 0.6 is 0 Å². The van der Waals surface area contributed by atoms with Gasteiger partial charge >= 0.3 is 8.56 Å². The summed E-state index contributed by atoms with van der Waals surface area (Å²) in [4.78, 5) is 0. The Morgan fingerprint density at radius 1 is 0.407 bits per heavy atom. The summed E-state index contributed by atoms with van der Waals surface area (Å²) in [5.74, 6) is 0. The van der Waals surface area contributed by atoms with Crippen LogP contribution in [0.5, 0.6) is 0 Å². The minimum absolute atomic E-state index is 1.19. The van der Waals surface area contributed by atoms with Crippen LogP contribution in [-0.4, -0.2) is 22.8 Å². The van der Waals surface area contributed by atoms with E-state index in [9.17, 15) is 0 Å². The molecule has 0 unspecified atom stereocenters. The monoisotopic (exact) mass is 400 g/mol. The van der Waals surface area contributed by atoms with E-state index in [2.05, 4.69) is 13.8 Å². The van der Waals surface area contributed by atoms with Gasteiger partial charge in [-0.05, 0) is 12.1 Å². The van der Waals surface area contributed by atoms with Gasteiger partial charge in [0.1, 0.15) is 0 Å². The molecule has 0 aromatic rings. The van der Waals surface area contributed by atoms with Gasteiger partial charge in [0.25, 0.3) is 0 Å². The highest BCUT2D eigenvalue weighted by atomic mass is 28.4. The number of unbranched alkanes of at least 4 members (excludes halogenated alkanes) is 16. The molecule has 0 saturated carbocycles. The van der Waals surface area contributed by atoms with E-state index in [1.54, 1.807) is 0 Å². The Hall–Kier alpha value is 0.137. The molecule has 2 nitrogen and oxygen atoms in total. The van der Waals surface area contributed by atoms with E-state index < -0.39 is 8.56 Å². The minimum Gasteiger partial charge on any atom is -0.398 e. The Morgan fingerprint density at radius 3 is 0.926 bits per heavy atom. The molecule has 0 aliphatic rings. The predicted molar refractivity (Wildman–Crippen MR) is 124 cm³/mol.